The molecule has 0 amide bonds. The van der Waals surface area contributed by atoms with Gasteiger partial charge in [0.15, 0.2) is 5.65 Å². The van der Waals surface area contributed by atoms with Crippen LogP contribution < -0.4 is 0 Å². The van der Waals surface area contributed by atoms with Gasteiger partial charge in [0.25, 0.3) is 0 Å². The van der Waals surface area contributed by atoms with Crippen molar-refractivity contribution < 1.29 is 0 Å². The van der Waals surface area contributed by atoms with Crippen molar-refractivity contribution in [3.63, 3.8) is 0 Å². The van der Waals surface area contributed by atoms with Crippen molar-refractivity contribution in [3.8, 4) is 0 Å². The number of thiophene rings is 1. The number of aromatic amines is 1. The van der Waals surface area contributed by atoms with Gasteiger partial charge in [-0.15, -0.1) is 11.3 Å². The number of hydrogen-bond acceptors (Lipinski definition) is 4. The molecule has 3 aromatic rings. The molecule has 1 N–H and O–H groups in total. The minimum atomic E-state index is 0.695. The minimum Gasteiger partial charge on any atom is -0.341 e. The Morgan fingerprint density at radius 1 is 1.19 bits per heavy atom. The van der Waals surface area contributed by atoms with E-state index >= 15 is 0 Å². The van der Waals surface area contributed by atoms with Crippen molar-refractivity contribution in [1.82, 2.24) is 19.9 Å². The Hall–Kier alpha value is -2.01. The van der Waals surface area contributed by atoms with Crippen molar-refractivity contribution >= 4 is 34.7 Å². The summed E-state index contributed by atoms with van der Waals surface area (Å²) in [5.41, 5.74) is 2.42. The standard InChI is InChI=1S/C11H8N4S/c1-2-8(16-5-1)3-4-9-10-11(14-6-12-9)15-7-13-10/h1-7H,(H,12,13,14,15)/b4-3+. The predicted octanol–water partition coefficient (Wildman–Crippen LogP) is 2.58. The number of rotatable bonds is 2. The third kappa shape index (κ3) is 1.61. The van der Waals surface area contributed by atoms with Crippen LogP contribution in [0.25, 0.3) is 23.3 Å². The zero-order valence-electron chi connectivity index (χ0n) is 8.29. The monoisotopic (exact) mass is 228 g/mol. The molecule has 3 rings (SSSR count). The Kier molecular flexibility index (Phi) is 2.23. The second kappa shape index (κ2) is 3.86. The van der Waals surface area contributed by atoms with E-state index in [2.05, 4.69) is 26.0 Å². The lowest BCUT2D eigenvalue weighted by Crippen LogP contribution is -1.85. The van der Waals surface area contributed by atoms with Gasteiger partial charge in [-0.3, -0.25) is 0 Å². The van der Waals surface area contributed by atoms with E-state index < -0.39 is 0 Å². The van der Waals surface area contributed by atoms with Crippen LogP contribution in [-0.2, 0) is 0 Å². The van der Waals surface area contributed by atoms with Crippen molar-refractivity contribution in [2.45, 2.75) is 0 Å². The lowest BCUT2D eigenvalue weighted by Gasteiger charge is -1.93. The van der Waals surface area contributed by atoms with Crippen LogP contribution >= 0.6 is 11.3 Å². The van der Waals surface area contributed by atoms with Crippen molar-refractivity contribution in [2.24, 2.45) is 0 Å². The smallest absolute Gasteiger partial charge is 0.181 e. The van der Waals surface area contributed by atoms with Gasteiger partial charge in [0.05, 0.1) is 12.0 Å². The van der Waals surface area contributed by atoms with Crippen LogP contribution in [0, 0.1) is 0 Å². The summed E-state index contributed by atoms with van der Waals surface area (Å²) in [7, 11) is 0. The van der Waals surface area contributed by atoms with Gasteiger partial charge in [-0.1, -0.05) is 6.07 Å². The van der Waals surface area contributed by atoms with Gasteiger partial charge in [0.2, 0.25) is 0 Å². The van der Waals surface area contributed by atoms with E-state index in [4.69, 9.17) is 0 Å². The average molecular weight is 228 g/mol. The Bertz CT molecular complexity index is 624. The van der Waals surface area contributed by atoms with Gasteiger partial charge < -0.3 is 4.98 Å². The van der Waals surface area contributed by atoms with Crippen molar-refractivity contribution in [3.05, 3.63) is 40.7 Å². The van der Waals surface area contributed by atoms with Crippen LogP contribution in [0.3, 0.4) is 0 Å². The normalized spacial score (nSPS) is 11.5. The lowest BCUT2D eigenvalue weighted by molar-refractivity contribution is 1.19. The maximum Gasteiger partial charge on any atom is 0.181 e. The fourth-order valence-corrected chi connectivity index (χ4v) is 2.08. The van der Waals surface area contributed by atoms with Gasteiger partial charge >= 0.3 is 0 Å². The van der Waals surface area contributed by atoms with Gasteiger partial charge in [-0.2, -0.15) is 0 Å². The summed E-state index contributed by atoms with van der Waals surface area (Å²) in [4.78, 5) is 16.6. The molecule has 16 heavy (non-hydrogen) atoms. The zero-order valence-corrected chi connectivity index (χ0v) is 9.11. The highest BCUT2D eigenvalue weighted by Gasteiger charge is 2.01. The summed E-state index contributed by atoms with van der Waals surface area (Å²) in [6.45, 7) is 0. The number of hydrogen-bond donors (Lipinski definition) is 1. The van der Waals surface area contributed by atoms with E-state index in [1.54, 1.807) is 17.7 Å². The first-order valence-corrected chi connectivity index (χ1v) is 5.67. The summed E-state index contributed by atoms with van der Waals surface area (Å²) in [6, 6.07) is 4.09. The van der Waals surface area contributed by atoms with Crippen LogP contribution in [-0.4, -0.2) is 19.9 Å². The second-order valence-electron chi connectivity index (χ2n) is 3.21. The summed E-state index contributed by atoms with van der Waals surface area (Å²) in [5, 5.41) is 2.05. The molecule has 3 heterocycles. The summed E-state index contributed by atoms with van der Waals surface area (Å²) in [6.07, 6.45) is 7.15. The topological polar surface area (TPSA) is 54.5 Å². The molecule has 0 fully saturated rings. The van der Waals surface area contributed by atoms with Crippen molar-refractivity contribution in [1.29, 1.82) is 0 Å². The van der Waals surface area contributed by atoms with Gasteiger partial charge in [0.1, 0.15) is 11.8 Å². The number of fused-ring (bicyclic) bond motifs is 1. The molecule has 0 aliphatic heterocycles. The fourth-order valence-electron chi connectivity index (χ4n) is 1.46. The van der Waals surface area contributed by atoms with E-state index in [-0.39, 0.29) is 0 Å². The zero-order chi connectivity index (χ0) is 10.8. The number of nitrogens with one attached hydrogen (secondary N) is 1. The average Bonchev–Trinajstić information content (AvgIpc) is 2.97. The van der Waals surface area contributed by atoms with Crippen LogP contribution in [0.2, 0.25) is 0 Å². The fraction of sp³-hybridized carbons (Fsp3) is 0. The SMILES string of the molecule is C(=C\c1ncnc2nc[nH]c12)/c1cccs1. The highest BCUT2D eigenvalue weighted by atomic mass is 32.1. The van der Waals surface area contributed by atoms with Gasteiger partial charge in [-0.25, -0.2) is 15.0 Å². The van der Waals surface area contributed by atoms with Crippen LogP contribution in [0.5, 0.6) is 0 Å². The van der Waals surface area contributed by atoms with Crippen LogP contribution in [0.4, 0.5) is 0 Å². The van der Waals surface area contributed by atoms with E-state index in [0.29, 0.717) is 5.65 Å². The first-order valence-electron chi connectivity index (χ1n) is 4.79. The predicted molar refractivity (Wildman–Crippen MR) is 64.9 cm³/mol. The third-order valence-electron chi connectivity index (χ3n) is 2.20. The summed E-state index contributed by atoms with van der Waals surface area (Å²) in [5.74, 6) is 0. The molecule has 0 bridgehead atoms. The van der Waals surface area contributed by atoms with E-state index in [9.17, 15) is 0 Å². The Balaban J connectivity index is 2.03. The van der Waals surface area contributed by atoms with E-state index in [1.807, 2.05) is 23.6 Å². The largest absolute Gasteiger partial charge is 0.341 e. The van der Waals surface area contributed by atoms with E-state index in [0.717, 1.165) is 11.2 Å². The third-order valence-corrected chi connectivity index (χ3v) is 3.04. The first-order chi connectivity index (χ1) is 7.93. The highest BCUT2D eigenvalue weighted by molar-refractivity contribution is 7.10. The number of H-pyrrole nitrogens is 1. The molecule has 78 valence electrons. The van der Waals surface area contributed by atoms with Crippen molar-refractivity contribution in [2.75, 3.05) is 0 Å². The molecule has 0 atom stereocenters. The minimum absolute atomic E-state index is 0.695. The Morgan fingerprint density at radius 2 is 2.19 bits per heavy atom. The maximum atomic E-state index is 4.21. The molecular formula is C11H8N4S. The number of imidazole rings is 1. The molecule has 0 saturated heterocycles. The molecule has 0 radical (unpaired) electrons. The molecule has 0 aliphatic rings. The lowest BCUT2D eigenvalue weighted by atomic mass is 10.3. The van der Waals surface area contributed by atoms with Crippen LogP contribution in [0.1, 0.15) is 10.6 Å². The molecular weight excluding hydrogens is 220 g/mol. The summed E-state index contributed by atoms with van der Waals surface area (Å²) >= 11 is 1.69. The summed E-state index contributed by atoms with van der Waals surface area (Å²) < 4.78 is 0. The molecule has 0 saturated carbocycles. The maximum absolute atomic E-state index is 4.21. The highest BCUT2D eigenvalue weighted by Crippen LogP contribution is 2.15. The Labute approximate surface area is 95.7 Å². The van der Waals surface area contributed by atoms with Gasteiger partial charge in [0, 0.05) is 4.88 Å². The number of aromatic nitrogens is 4. The molecule has 0 aliphatic carbocycles. The molecule has 0 unspecified atom stereocenters. The molecule has 5 heteroatoms. The molecule has 4 nitrogen and oxygen atoms in total. The van der Waals surface area contributed by atoms with Crippen LogP contribution in [0.15, 0.2) is 30.2 Å². The molecule has 3 aromatic heterocycles. The quantitative estimate of drug-likeness (QED) is 0.733. The number of nitrogens with zero attached hydrogens (tertiary/aromatic N) is 3. The second-order valence-corrected chi connectivity index (χ2v) is 4.19. The first kappa shape index (κ1) is 9.23. The van der Waals surface area contributed by atoms with Gasteiger partial charge in [-0.05, 0) is 23.6 Å². The molecule has 0 aromatic carbocycles. The molecule has 0 spiro atoms. The Morgan fingerprint density at radius 3 is 3.06 bits per heavy atom. The van der Waals surface area contributed by atoms with E-state index in [1.165, 1.54) is 11.2 Å².